The number of rotatable bonds is 8. The molecule has 3 N–H and O–H groups in total. The molecule has 0 aliphatic carbocycles. The van der Waals surface area contributed by atoms with E-state index in [1.807, 2.05) is 0 Å². The minimum Gasteiger partial charge on any atom is -0.464 e. The number of amidine groups is 1. The molecule has 2 aliphatic heterocycles. The fourth-order valence-electron chi connectivity index (χ4n) is 3.83. The van der Waals surface area contributed by atoms with E-state index in [9.17, 15) is 14.4 Å². The Balaban J connectivity index is 1.43. The van der Waals surface area contributed by atoms with Crippen molar-refractivity contribution in [3.05, 3.63) is 34.9 Å². The molecule has 10 nitrogen and oxygen atoms in total. The van der Waals surface area contributed by atoms with Crippen LogP contribution >= 0.6 is 0 Å². The lowest BCUT2D eigenvalue weighted by Crippen LogP contribution is -2.42. The number of nitrogens with zero attached hydrogens (tertiary/aromatic N) is 2. The summed E-state index contributed by atoms with van der Waals surface area (Å²) in [5, 5.41) is 16.5. The lowest BCUT2D eigenvalue weighted by atomic mass is 10.1. The van der Waals surface area contributed by atoms with Gasteiger partial charge in [-0.3, -0.25) is 25.7 Å². The molecule has 31 heavy (non-hydrogen) atoms. The lowest BCUT2D eigenvalue weighted by molar-refractivity contribution is -0.152. The molecule has 0 atom stereocenters. The number of fused-ring (bicyclic) bond motifs is 1. The Labute approximate surface area is 180 Å². The van der Waals surface area contributed by atoms with Gasteiger partial charge in [0.05, 0.1) is 12.7 Å². The fourth-order valence-corrected chi connectivity index (χ4v) is 3.83. The van der Waals surface area contributed by atoms with Gasteiger partial charge in [-0.2, -0.15) is 0 Å². The van der Waals surface area contributed by atoms with Crippen molar-refractivity contribution in [1.29, 1.82) is 5.41 Å². The van der Waals surface area contributed by atoms with E-state index in [1.165, 1.54) is 0 Å². The molecule has 1 aromatic carbocycles. The summed E-state index contributed by atoms with van der Waals surface area (Å²) in [5.74, 6) is -0.671. The molecule has 1 fully saturated rings. The molecule has 0 aromatic heterocycles. The predicted molar refractivity (Wildman–Crippen MR) is 110 cm³/mol. The van der Waals surface area contributed by atoms with Crippen LogP contribution in [-0.4, -0.2) is 77.6 Å². The second kappa shape index (κ2) is 10.4. The number of hydroxylamine groups is 1. The summed E-state index contributed by atoms with van der Waals surface area (Å²) >= 11 is 0. The van der Waals surface area contributed by atoms with Crippen LogP contribution < -0.4 is 5.48 Å². The molecular weight excluding hydrogens is 404 g/mol. The predicted octanol–water partition coefficient (Wildman–Crippen LogP) is 0.907. The quantitative estimate of drug-likeness (QED) is 0.241. The summed E-state index contributed by atoms with van der Waals surface area (Å²) in [4.78, 5) is 39.9. The number of carbonyl (C=O) groups is 3. The van der Waals surface area contributed by atoms with Crippen molar-refractivity contribution in [1.82, 2.24) is 15.3 Å². The SMILES string of the molecule is CCOC(=O)COC1CCN(C(=O)CCN2Cc3cc(C(=N)NO)ccc3C2=O)CC1. The summed E-state index contributed by atoms with van der Waals surface area (Å²) in [6, 6.07) is 4.94. The van der Waals surface area contributed by atoms with Gasteiger partial charge in [-0.25, -0.2) is 4.79 Å². The summed E-state index contributed by atoms with van der Waals surface area (Å²) < 4.78 is 10.4. The maximum atomic E-state index is 12.6. The van der Waals surface area contributed by atoms with Gasteiger partial charge < -0.3 is 19.3 Å². The zero-order valence-electron chi connectivity index (χ0n) is 17.6. The number of hydrogen-bond donors (Lipinski definition) is 3. The normalized spacial score (nSPS) is 16.3. The first-order valence-electron chi connectivity index (χ1n) is 10.4. The number of carbonyl (C=O) groups excluding carboxylic acids is 3. The van der Waals surface area contributed by atoms with Crippen LogP contribution in [0.1, 0.15) is 47.7 Å². The van der Waals surface area contributed by atoms with E-state index in [2.05, 4.69) is 0 Å². The molecule has 0 unspecified atom stereocenters. The minimum atomic E-state index is -0.381. The van der Waals surface area contributed by atoms with Gasteiger partial charge >= 0.3 is 5.97 Å². The van der Waals surface area contributed by atoms with Crippen LogP contribution in [0.15, 0.2) is 18.2 Å². The van der Waals surface area contributed by atoms with Gasteiger partial charge in [-0.1, -0.05) is 6.07 Å². The minimum absolute atomic E-state index is 0.0143. The summed E-state index contributed by atoms with van der Waals surface area (Å²) in [5.41, 5.74) is 3.61. The molecule has 2 aliphatic rings. The number of likely N-dealkylation sites (tertiary alicyclic amines) is 1. The van der Waals surface area contributed by atoms with Gasteiger partial charge in [0.25, 0.3) is 5.91 Å². The van der Waals surface area contributed by atoms with Gasteiger partial charge in [0.1, 0.15) is 12.4 Å². The Morgan fingerprint density at radius 2 is 2.03 bits per heavy atom. The molecule has 0 bridgehead atoms. The standard InChI is InChI=1S/C21H28N4O6/c1-2-30-19(27)13-31-16-5-8-24(9-6-16)18(26)7-10-25-12-15-11-14(20(22)23-29)3-4-17(15)21(25)28/h3-4,11,16,29H,2,5-10,12-13H2,1H3,(H2,22,23). The maximum Gasteiger partial charge on any atom is 0.332 e. The highest BCUT2D eigenvalue weighted by Gasteiger charge is 2.29. The van der Waals surface area contributed by atoms with Crippen molar-refractivity contribution < 1.29 is 29.1 Å². The molecule has 1 saturated heterocycles. The monoisotopic (exact) mass is 432 g/mol. The molecule has 2 amide bonds. The molecule has 0 radical (unpaired) electrons. The third-order valence-electron chi connectivity index (χ3n) is 5.52. The van der Waals surface area contributed by atoms with E-state index < -0.39 is 0 Å². The molecule has 0 spiro atoms. The number of amides is 2. The van der Waals surface area contributed by atoms with Gasteiger partial charge in [-0.05, 0) is 37.5 Å². The van der Waals surface area contributed by atoms with E-state index in [4.69, 9.17) is 20.1 Å². The first-order chi connectivity index (χ1) is 14.9. The van der Waals surface area contributed by atoms with Crippen molar-refractivity contribution in [3.8, 4) is 0 Å². The van der Waals surface area contributed by atoms with Crippen LogP contribution in [0.3, 0.4) is 0 Å². The van der Waals surface area contributed by atoms with Crippen LogP contribution in [0.2, 0.25) is 0 Å². The molecule has 10 heteroatoms. The smallest absolute Gasteiger partial charge is 0.332 e. The highest BCUT2D eigenvalue weighted by molar-refractivity contribution is 6.01. The zero-order chi connectivity index (χ0) is 22.4. The Hall–Kier alpha value is -2.98. The number of nitrogens with one attached hydrogen (secondary N) is 2. The molecule has 1 aromatic rings. The van der Waals surface area contributed by atoms with Gasteiger partial charge in [0.2, 0.25) is 5.91 Å². The number of piperidine rings is 1. The highest BCUT2D eigenvalue weighted by Crippen LogP contribution is 2.24. The van der Waals surface area contributed by atoms with Crippen molar-refractivity contribution in [2.24, 2.45) is 0 Å². The summed E-state index contributed by atoms with van der Waals surface area (Å²) in [7, 11) is 0. The summed E-state index contributed by atoms with van der Waals surface area (Å²) in [6.45, 7) is 3.80. The number of hydrogen-bond acceptors (Lipinski definition) is 7. The largest absolute Gasteiger partial charge is 0.464 e. The van der Waals surface area contributed by atoms with Crippen LogP contribution in [0, 0.1) is 5.41 Å². The van der Waals surface area contributed by atoms with Crippen molar-refractivity contribution >= 4 is 23.6 Å². The van der Waals surface area contributed by atoms with Crippen molar-refractivity contribution in [3.63, 3.8) is 0 Å². The van der Waals surface area contributed by atoms with Crippen molar-refractivity contribution in [2.45, 2.75) is 38.8 Å². The first-order valence-corrected chi connectivity index (χ1v) is 10.4. The molecule has 2 heterocycles. The Morgan fingerprint density at radius 3 is 2.71 bits per heavy atom. The zero-order valence-corrected chi connectivity index (χ0v) is 17.6. The Bertz CT molecular complexity index is 850. The average molecular weight is 432 g/mol. The van der Waals surface area contributed by atoms with Gasteiger partial charge in [0.15, 0.2) is 0 Å². The third kappa shape index (κ3) is 5.59. The Kier molecular flexibility index (Phi) is 7.59. The van der Waals surface area contributed by atoms with Crippen LogP contribution in [0.4, 0.5) is 0 Å². The molecular formula is C21H28N4O6. The average Bonchev–Trinajstić information content (AvgIpc) is 3.10. The highest BCUT2D eigenvalue weighted by atomic mass is 16.6. The topological polar surface area (TPSA) is 132 Å². The van der Waals surface area contributed by atoms with Crippen LogP contribution in [0.5, 0.6) is 0 Å². The lowest BCUT2D eigenvalue weighted by Gasteiger charge is -2.32. The third-order valence-corrected chi connectivity index (χ3v) is 5.52. The van der Waals surface area contributed by atoms with E-state index in [-0.39, 0.29) is 42.8 Å². The second-order valence-corrected chi connectivity index (χ2v) is 7.53. The Morgan fingerprint density at radius 1 is 1.29 bits per heavy atom. The number of ether oxygens (including phenoxy) is 2. The van der Waals surface area contributed by atoms with E-state index >= 15 is 0 Å². The first kappa shape index (κ1) is 22.7. The number of benzene rings is 1. The number of esters is 1. The van der Waals surface area contributed by atoms with E-state index in [0.717, 1.165) is 5.56 Å². The van der Waals surface area contributed by atoms with Gasteiger partial charge in [0, 0.05) is 43.7 Å². The molecule has 168 valence electrons. The maximum absolute atomic E-state index is 12.6. The van der Waals surface area contributed by atoms with Crippen molar-refractivity contribution in [2.75, 3.05) is 32.8 Å². The van der Waals surface area contributed by atoms with E-state index in [0.29, 0.717) is 56.8 Å². The van der Waals surface area contributed by atoms with Crippen LogP contribution in [0.25, 0.3) is 0 Å². The summed E-state index contributed by atoms with van der Waals surface area (Å²) in [6.07, 6.45) is 1.48. The van der Waals surface area contributed by atoms with Gasteiger partial charge in [-0.15, -0.1) is 0 Å². The van der Waals surface area contributed by atoms with Crippen LogP contribution in [-0.2, 0) is 25.6 Å². The molecule has 0 saturated carbocycles. The second-order valence-electron chi connectivity index (χ2n) is 7.53. The van der Waals surface area contributed by atoms with E-state index in [1.54, 1.807) is 40.4 Å². The molecule has 3 rings (SSSR count). The fraction of sp³-hybridized carbons (Fsp3) is 0.524.